The van der Waals surface area contributed by atoms with E-state index in [4.69, 9.17) is 14.3 Å². The van der Waals surface area contributed by atoms with Crippen LogP contribution in [0.25, 0.3) is 0 Å². The first-order valence-corrected chi connectivity index (χ1v) is 5.76. The van der Waals surface area contributed by atoms with E-state index in [1.807, 2.05) is 36.2 Å². The van der Waals surface area contributed by atoms with Crippen LogP contribution in [0.4, 0.5) is 5.69 Å². The van der Waals surface area contributed by atoms with Gasteiger partial charge in [-0.25, -0.2) is 0 Å². The zero-order chi connectivity index (χ0) is 13.8. The molecule has 0 saturated carbocycles. The molecular weight excluding hydrogens is 246 g/mol. The van der Waals surface area contributed by atoms with Crippen LogP contribution < -0.4 is 15.1 Å². The highest BCUT2D eigenvalue weighted by Crippen LogP contribution is 2.19. The summed E-state index contributed by atoms with van der Waals surface area (Å²) >= 11 is 0. The maximum Gasteiger partial charge on any atom is 0.226 e. The molecule has 1 N–H and O–H groups in total. The van der Waals surface area contributed by atoms with Gasteiger partial charge in [-0.3, -0.25) is 4.79 Å². The molecule has 0 atom stereocenters. The zero-order valence-corrected chi connectivity index (χ0v) is 10.8. The van der Waals surface area contributed by atoms with E-state index in [2.05, 4.69) is 0 Å². The maximum absolute atomic E-state index is 11.3. The van der Waals surface area contributed by atoms with Gasteiger partial charge in [0, 0.05) is 18.8 Å². The van der Waals surface area contributed by atoms with Gasteiger partial charge < -0.3 is 19.2 Å². The highest BCUT2D eigenvalue weighted by atomic mass is 16.5. The predicted molar refractivity (Wildman–Crippen MR) is 71.7 cm³/mol. The van der Waals surface area contributed by atoms with Crippen molar-refractivity contribution in [1.29, 1.82) is 0 Å². The van der Waals surface area contributed by atoms with Crippen LogP contribution in [0.1, 0.15) is 5.76 Å². The van der Waals surface area contributed by atoms with Crippen LogP contribution in [-0.4, -0.2) is 19.3 Å². The van der Waals surface area contributed by atoms with Gasteiger partial charge in [-0.1, -0.05) is 0 Å². The third-order valence-corrected chi connectivity index (χ3v) is 2.77. The molecule has 0 bridgehead atoms. The molecule has 0 aliphatic heterocycles. The molecule has 100 valence electrons. The second kappa shape index (κ2) is 5.48. The maximum atomic E-state index is 11.3. The number of methoxy groups -OCH3 is 1. The quantitative estimate of drug-likeness (QED) is 0.911. The smallest absolute Gasteiger partial charge is 0.226 e. The van der Waals surface area contributed by atoms with E-state index in [1.54, 1.807) is 7.11 Å². The fourth-order valence-electron chi connectivity index (χ4n) is 1.69. The number of rotatable bonds is 4. The minimum atomic E-state index is -0.440. The lowest BCUT2D eigenvalue weighted by atomic mass is 10.2. The van der Waals surface area contributed by atoms with Crippen LogP contribution in [0.15, 0.2) is 45.8 Å². The molecule has 1 heterocycles. The molecule has 19 heavy (non-hydrogen) atoms. The van der Waals surface area contributed by atoms with Crippen LogP contribution in [0.3, 0.4) is 0 Å². The summed E-state index contributed by atoms with van der Waals surface area (Å²) < 4.78 is 10.2. The van der Waals surface area contributed by atoms with Crippen LogP contribution in [0.5, 0.6) is 11.5 Å². The Hall–Kier alpha value is -2.43. The van der Waals surface area contributed by atoms with Crippen molar-refractivity contribution in [3.05, 3.63) is 52.6 Å². The molecule has 0 saturated heterocycles. The molecule has 0 unspecified atom stereocenters. The number of hydrogen-bond donors (Lipinski definition) is 1. The topological polar surface area (TPSA) is 62.9 Å². The van der Waals surface area contributed by atoms with Gasteiger partial charge >= 0.3 is 0 Å². The highest BCUT2D eigenvalue weighted by Gasteiger charge is 2.06. The Labute approximate surface area is 110 Å². The third-order valence-electron chi connectivity index (χ3n) is 2.77. The SMILES string of the molecule is COc1ccc(N(C)Cc2cc(=O)c(O)co2)cc1. The second-order valence-electron chi connectivity index (χ2n) is 4.15. The van der Waals surface area contributed by atoms with Gasteiger partial charge in [0.15, 0.2) is 5.75 Å². The summed E-state index contributed by atoms with van der Waals surface area (Å²) in [5.41, 5.74) is 0.529. The Morgan fingerprint density at radius 1 is 1.32 bits per heavy atom. The Kier molecular flexibility index (Phi) is 3.75. The molecule has 5 nitrogen and oxygen atoms in total. The lowest BCUT2D eigenvalue weighted by Crippen LogP contribution is -2.17. The normalized spacial score (nSPS) is 10.2. The van der Waals surface area contributed by atoms with E-state index in [9.17, 15) is 4.79 Å². The average molecular weight is 261 g/mol. The monoisotopic (exact) mass is 261 g/mol. The van der Waals surface area contributed by atoms with Gasteiger partial charge in [-0.2, -0.15) is 0 Å². The van der Waals surface area contributed by atoms with Crippen molar-refractivity contribution in [2.75, 3.05) is 19.1 Å². The van der Waals surface area contributed by atoms with Gasteiger partial charge in [0.05, 0.1) is 13.7 Å². The van der Waals surface area contributed by atoms with E-state index >= 15 is 0 Å². The average Bonchev–Trinajstić information content (AvgIpc) is 2.43. The zero-order valence-electron chi connectivity index (χ0n) is 10.8. The summed E-state index contributed by atoms with van der Waals surface area (Å²) in [7, 11) is 3.50. The molecule has 1 aromatic carbocycles. The molecule has 0 aliphatic carbocycles. The molecule has 0 fully saturated rings. The predicted octanol–water partition coefficient (Wildman–Crippen LogP) is 1.99. The van der Waals surface area contributed by atoms with Gasteiger partial charge in [0.1, 0.15) is 17.8 Å². The number of anilines is 1. The summed E-state index contributed by atoms with van der Waals surface area (Å²) in [5.74, 6) is 0.894. The Bertz CT molecular complexity index is 604. The number of ether oxygens (including phenoxy) is 1. The first-order valence-electron chi connectivity index (χ1n) is 5.76. The molecular formula is C14H15NO4. The van der Waals surface area contributed by atoms with Crippen LogP contribution in [0, 0.1) is 0 Å². The minimum absolute atomic E-state index is 0.379. The van der Waals surface area contributed by atoms with E-state index < -0.39 is 5.43 Å². The largest absolute Gasteiger partial charge is 0.502 e. The fourth-order valence-corrected chi connectivity index (χ4v) is 1.69. The van der Waals surface area contributed by atoms with Gasteiger partial charge in [-0.15, -0.1) is 0 Å². The number of nitrogens with zero attached hydrogens (tertiary/aromatic N) is 1. The summed E-state index contributed by atoms with van der Waals surface area (Å²) in [6.45, 7) is 0.432. The standard InChI is InChI=1S/C14H15NO4/c1-15(10-3-5-11(18-2)6-4-10)8-12-7-13(16)14(17)9-19-12/h3-7,9,17H,8H2,1-2H3. The van der Waals surface area contributed by atoms with E-state index in [0.717, 1.165) is 17.7 Å². The first kappa shape index (κ1) is 13.0. The molecule has 5 heteroatoms. The second-order valence-corrected chi connectivity index (χ2v) is 4.15. The molecule has 2 rings (SSSR count). The van der Waals surface area contributed by atoms with Crippen molar-refractivity contribution in [2.45, 2.75) is 6.54 Å². The Balaban J connectivity index is 2.13. The lowest BCUT2D eigenvalue weighted by Gasteiger charge is -2.18. The number of aromatic hydroxyl groups is 1. The lowest BCUT2D eigenvalue weighted by molar-refractivity contribution is 0.412. The van der Waals surface area contributed by atoms with Crippen molar-refractivity contribution in [3.8, 4) is 11.5 Å². The Morgan fingerprint density at radius 2 is 2.00 bits per heavy atom. The molecule has 1 aromatic heterocycles. The molecule has 0 amide bonds. The summed E-state index contributed by atoms with van der Waals surface area (Å²) in [6, 6.07) is 8.84. The summed E-state index contributed by atoms with van der Waals surface area (Å²) in [6.07, 6.45) is 1.06. The molecule has 0 spiro atoms. The van der Waals surface area contributed by atoms with E-state index in [-0.39, 0.29) is 5.75 Å². The molecule has 0 aliphatic rings. The van der Waals surface area contributed by atoms with Crippen LogP contribution in [0.2, 0.25) is 0 Å². The van der Waals surface area contributed by atoms with Crippen LogP contribution in [-0.2, 0) is 6.54 Å². The van der Waals surface area contributed by atoms with Crippen LogP contribution >= 0.6 is 0 Å². The van der Waals surface area contributed by atoms with Crippen molar-refractivity contribution >= 4 is 5.69 Å². The fraction of sp³-hybridized carbons (Fsp3) is 0.214. The van der Waals surface area contributed by atoms with Crippen molar-refractivity contribution in [2.24, 2.45) is 0 Å². The van der Waals surface area contributed by atoms with Crippen molar-refractivity contribution in [1.82, 2.24) is 0 Å². The van der Waals surface area contributed by atoms with E-state index in [0.29, 0.717) is 12.3 Å². The van der Waals surface area contributed by atoms with Gasteiger partial charge in [0.2, 0.25) is 5.43 Å². The first-order chi connectivity index (χ1) is 9.10. The van der Waals surface area contributed by atoms with Crippen molar-refractivity contribution < 1.29 is 14.3 Å². The minimum Gasteiger partial charge on any atom is -0.502 e. The van der Waals surface area contributed by atoms with Gasteiger partial charge in [0.25, 0.3) is 0 Å². The van der Waals surface area contributed by atoms with Gasteiger partial charge in [-0.05, 0) is 24.3 Å². The summed E-state index contributed by atoms with van der Waals surface area (Å²) in [4.78, 5) is 13.2. The van der Waals surface area contributed by atoms with E-state index in [1.165, 1.54) is 6.07 Å². The highest BCUT2D eigenvalue weighted by molar-refractivity contribution is 5.48. The molecule has 0 radical (unpaired) electrons. The number of hydrogen-bond acceptors (Lipinski definition) is 5. The summed E-state index contributed by atoms with van der Waals surface area (Å²) in [5, 5.41) is 9.12. The van der Waals surface area contributed by atoms with Crippen molar-refractivity contribution in [3.63, 3.8) is 0 Å². The Morgan fingerprint density at radius 3 is 2.58 bits per heavy atom. The molecule has 2 aromatic rings. The number of benzene rings is 1. The third kappa shape index (κ3) is 3.07.